The van der Waals surface area contributed by atoms with Crippen molar-refractivity contribution in [2.24, 2.45) is 0 Å². The predicted molar refractivity (Wildman–Crippen MR) is 286 cm³/mol. The van der Waals surface area contributed by atoms with Crippen molar-refractivity contribution in [2.75, 3.05) is 24.7 Å². The fraction of sp³-hybridized carbons (Fsp3) is 0.912. The highest BCUT2D eigenvalue weighted by atomic mass is 32.2. The number of hydrogen-bond donors (Lipinski definition) is 3. The van der Waals surface area contributed by atoms with Gasteiger partial charge in [0.1, 0.15) is 31.1 Å². The van der Waals surface area contributed by atoms with E-state index < -0.39 is 30.7 Å². The molecular weight excluding hydrogens is 873 g/mol. The van der Waals surface area contributed by atoms with Crippen LogP contribution in [0.5, 0.6) is 0 Å². The predicted octanol–water partition coefficient (Wildman–Crippen LogP) is 14.8. The minimum atomic E-state index is -1.08. The number of nitrogens with one attached hydrogen (secondary N) is 2. The summed E-state index contributed by atoms with van der Waals surface area (Å²) in [5, 5.41) is 14.9. The molecule has 0 rings (SSSR count). The summed E-state index contributed by atoms with van der Waals surface area (Å²) in [6, 6.07) is -2.05. The molecule has 11 heteroatoms. The number of ether oxygens (including phenoxy) is 2. The molecule has 0 bridgehead atoms. The van der Waals surface area contributed by atoms with E-state index in [9.17, 15) is 29.1 Å². The molecule has 3 N–H and O–H groups in total. The second kappa shape index (κ2) is 52.7. The summed E-state index contributed by atoms with van der Waals surface area (Å²) < 4.78 is 11.5. The van der Waals surface area contributed by atoms with Gasteiger partial charge in [0.15, 0.2) is 0 Å². The van der Waals surface area contributed by atoms with Gasteiger partial charge in [0, 0.05) is 30.8 Å². The molecule has 10 nitrogen and oxygen atoms in total. The molecule has 0 aliphatic rings. The van der Waals surface area contributed by atoms with Gasteiger partial charge in [-0.2, -0.15) is 11.8 Å². The van der Waals surface area contributed by atoms with Gasteiger partial charge in [-0.3, -0.25) is 19.2 Å². The summed E-state index contributed by atoms with van der Waals surface area (Å²) in [5.41, 5.74) is 0. The van der Waals surface area contributed by atoms with Gasteiger partial charge in [0.2, 0.25) is 11.8 Å². The Bertz CT molecular complexity index is 1160. The van der Waals surface area contributed by atoms with Crippen LogP contribution in [0.3, 0.4) is 0 Å². The largest absolute Gasteiger partial charge is 0.462 e. The van der Waals surface area contributed by atoms with Gasteiger partial charge in [0.25, 0.3) is 0 Å². The topological polar surface area (TPSA) is 148 Å². The Balaban J connectivity index is 5.00. The van der Waals surface area contributed by atoms with Gasteiger partial charge >= 0.3 is 11.9 Å². The minimum absolute atomic E-state index is 0.0748. The van der Waals surface area contributed by atoms with Crippen LogP contribution in [0.1, 0.15) is 290 Å². The van der Waals surface area contributed by atoms with Crippen LogP contribution in [0.15, 0.2) is 0 Å². The smallest absolute Gasteiger partial charge is 0.306 e. The summed E-state index contributed by atoms with van der Waals surface area (Å²) in [5.74, 6) is -1.05. The normalized spacial score (nSPS) is 12.6. The van der Waals surface area contributed by atoms with Crippen molar-refractivity contribution < 1.29 is 38.6 Å². The maximum absolute atomic E-state index is 13.3. The molecule has 2 amide bonds. The van der Waals surface area contributed by atoms with Crippen LogP contribution in [-0.2, 0) is 33.4 Å². The molecule has 0 aliphatic carbocycles. The molecule has 0 aromatic heterocycles. The van der Waals surface area contributed by atoms with E-state index in [2.05, 4.69) is 31.4 Å². The summed E-state index contributed by atoms with van der Waals surface area (Å²) >= 11 is 1.31. The molecule has 0 saturated heterocycles. The fourth-order valence-electron chi connectivity index (χ4n) is 8.67. The fourth-order valence-corrected chi connectivity index (χ4v) is 9.70. The number of rotatable bonds is 54. The average Bonchev–Trinajstić information content (AvgIpc) is 3.33. The second-order valence-electron chi connectivity index (χ2n) is 19.9. The van der Waals surface area contributed by atoms with Crippen molar-refractivity contribution in [3.05, 3.63) is 0 Å². The number of carbonyl (C=O) groups is 5. The molecule has 3 atom stereocenters. The zero-order chi connectivity index (χ0) is 49.8. The summed E-state index contributed by atoms with van der Waals surface area (Å²) in [4.78, 5) is 63.6. The number of amides is 2. The van der Waals surface area contributed by atoms with Crippen LogP contribution in [0.2, 0.25) is 0 Å². The Morgan fingerprint density at radius 2 is 0.794 bits per heavy atom. The molecule has 0 aromatic carbocycles. The third kappa shape index (κ3) is 46.3. The lowest BCUT2D eigenvalue weighted by molar-refractivity contribution is -0.157. The third-order valence-electron chi connectivity index (χ3n) is 13.1. The number of aliphatic hydroxyl groups is 1. The van der Waals surface area contributed by atoms with Crippen LogP contribution < -0.4 is 10.6 Å². The number of unbranched alkanes of at least 4 members (excludes halogenated alkanes) is 36. The lowest BCUT2D eigenvalue weighted by atomic mass is 10.0. The van der Waals surface area contributed by atoms with Gasteiger partial charge in [-0.25, -0.2) is 0 Å². The number of hydrogen-bond acceptors (Lipinski definition) is 9. The van der Waals surface area contributed by atoms with E-state index in [-0.39, 0.29) is 42.4 Å². The van der Waals surface area contributed by atoms with Crippen molar-refractivity contribution in [2.45, 2.75) is 309 Å². The van der Waals surface area contributed by atoms with Crippen LogP contribution >= 0.6 is 11.8 Å². The first-order valence-corrected chi connectivity index (χ1v) is 30.0. The number of thioether (sulfide) groups is 1. The quantitative estimate of drug-likeness (QED) is 0.0308. The van der Waals surface area contributed by atoms with E-state index in [1.807, 2.05) is 0 Å². The molecule has 0 heterocycles. The molecule has 0 aromatic rings. The van der Waals surface area contributed by atoms with E-state index in [1.54, 1.807) is 0 Å². The van der Waals surface area contributed by atoms with Crippen molar-refractivity contribution >= 4 is 41.8 Å². The van der Waals surface area contributed by atoms with Gasteiger partial charge < -0.3 is 30.0 Å². The number of aldehydes is 1. The first-order chi connectivity index (χ1) is 33.3. The SMILES string of the molecule is CCCCCCCCCCCCCCCC(=O)N[C@@H](CSCC(COC(=O)CCCCCCCCCCCCCCC)OC(=O)CCCCCCCCCCCCCCC)C(=O)N[C@H](C=O)CO. The zero-order valence-electron chi connectivity index (χ0n) is 44.5. The number of carbonyl (C=O) groups excluding carboxylic acids is 5. The van der Waals surface area contributed by atoms with Gasteiger partial charge in [-0.15, -0.1) is 0 Å². The molecule has 1 unspecified atom stereocenters. The highest BCUT2D eigenvalue weighted by molar-refractivity contribution is 7.99. The molecule has 0 radical (unpaired) electrons. The lowest BCUT2D eigenvalue weighted by Crippen LogP contribution is -2.52. The monoisotopic (exact) mass is 981 g/mol. The Labute approximate surface area is 422 Å². The average molecular weight is 982 g/mol. The highest BCUT2D eigenvalue weighted by Crippen LogP contribution is 2.18. The number of aliphatic hydroxyl groups excluding tert-OH is 1. The Morgan fingerprint density at radius 3 is 1.15 bits per heavy atom. The van der Waals surface area contributed by atoms with Crippen molar-refractivity contribution in [1.82, 2.24) is 10.6 Å². The molecule has 0 saturated carbocycles. The van der Waals surface area contributed by atoms with E-state index in [4.69, 9.17) is 9.47 Å². The van der Waals surface area contributed by atoms with E-state index in [0.29, 0.717) is 19.1 Å². The Morgan fingerprint density at radius 1 is 0.456 bits per heavy atom. The molecular formula is C57H108N2O8S. The molecule has 0 spiro atoms. The van der Waals surface area contributed by atoms with Gasteiger partial charge in [-0.05, 0) is 19.3 Å². The summed E-state index contributed by atoms with van der Waals surface area (Å²) in [6.45, 7) is 6.13. The first-order valence-electron chi connectivity index (χ1n) is 28.9. The molecule has 68 heavy (non-hydrogen) atoms. The molecule has 0 aliphatic heterocycles. The van der Waals surface area contributed by atoms with Crippen LogP contribution in [-0.4, -0.2) is 78.1 Å². The van der Waals surface area contributed by atoms with Gasteiger partial charge in [-0.1, -0.05) is 252 Å². The van der Waals surface area contributed by atoms with Crippen molar-refractivity contribution in [3.8, 4) is 0 Å². The minimum Gasteiger partial charge on any atom is -0.462 e. The summed E-state index contributed by atoms with van der Waals surface area (Å²) in [6.07, 6.45) is 48.1. The van der Waals surface area contributed by atoms with Crippen LogP contribution in [0, 0.1) is 0 Å². The third-order valence-corrected chi connectivity index (χ3v) is 14.3. The second-order valence-corrected chi connectivity index (χ2v) is 20.9. The maximum atomic E-state index is 13.3. The van der Waals surface area contributed by atoms with Crippen molar-refractivity contribution in [1.29, 1.82) is 0 Å². The zero-order valence-corrected chi connectivity index (χ0v) is 45.4. The van der Waals surface area contributed by atoms with E-state index >= 15 is 0 Å². The first kappa shape index (κ1) is 65.9. The summed E-state index contributed by atoms with van der Waals surface area (Å²) in [7, 11) is 0. The van der Waals surface area contributed by atoms with Crippen LogP contribution in [0.4, 0.5) is 0 Å². The standard InChI is InChI=1S/C57H108N2O8S/c1-4-7-10-13-16-19-22-25-28-31-34-37-40-43-54(62)59-53(57(65)58-51(46-60)47-61)50-68-49-52(67-56(64)45-42-39-36-33-30-27-24-21-18-15-12-9-6-3)48-66-55(63)44-41-38-35-32-29-26-23-20-17-14-11-8-5-2/h46,51-53,61H,4-45,47-50H2,1-3H3,(H,58,65)(H,59,62)/t51-,52?,53+/m1/s1. The lowest BCUT2D eigenvalue weighted by Gasteiger charge is -2.22. The molecule has 0 fully saturated rings. The van der Waals surface area contributed by atoms with Crippen molar-refractivity contribution in [3.63, 3.8) is 0 Å². The molecule has 400 valence electrons. The van der Waals surface area contributed by atoms with E-state index in [0.717, 1.165) is 64.2 Å². The Kier molecular flexibility index (Phi) is 51.0. The van der Waals surface area contributed by atoms with Crippen LogP contribution in [0.25, 0.3) is 0 Å². The maximum Gasteiger partial charge on any atom is 0.306 e. The van der Waals surface area contributed by atoms with Gasteiger partial charge in [0.05, 0.1) is 6.61 Å². The highest BCUT2D eigenvalue weighted by Gasteiger charge is 2.25. The Hall–Kier alpha value is -2.14. The number of esters is 2. The van der Waals surface area contributed by atoms with E-state index in [1.165, 1.54) is 198 Å².